The van der Waals surface area contributed by atoms with Crippen molar-refractivity contribution < 1.29 is 14.6 Å². The number of aromatic nitrogens is 2. The fourth-order valence-electron chi connectivity index (χ4n) is 2.04. The van der Waals surface area contributed by atoms with Gasteiger partial charge in [0.05, 0.1) is 11.4 Å². The molecule has 1 N–H and O–H groups in total. The molecule has 5 nitrogen and oxygen atoms in total. The number of carbonyl (C=O) groups is 1. The Bertz CT molecular complexity index is 632. The normalized spacial score (nSPS) is 10.6. The number of rotatable bonds is 5. The van der Waals surface area contributed by atoms with E-state index in [0.29, 0.717) is 12.4 Å². The molecule has 0 bridgehead atoms. The predicted molar refractivity (Wildman–Crippen MR) is 75.1 cm³/mol. The summed E-state index contributed by atoms with van der Waals surface area (Å²) in [6, 6.07) is 7.07. The Hall–Kier alpha value is -2.30. The van der Waals surface area contributed by atoms with Gasteiger partial charge in [-0.25, -0.2) is 4.79 Å². The van der Waals surface area contributed by atoms with E-state index < -0.39 is 5.97 Å². The Balaban J connectivity index is 2.22. The van der Waals surface area contributed by atoms with Crippen LogP contribution in [0.15, 0.2) is 24.3 Å². The first-order valence-corrected chi connectivity index (χ1v) is 6.50. The highest BCUT2D eigenvalue weighted by Crippen LogP contribution is 2.24. The van der Waals surface area contributed by atoms with Gasteiger partial charge >= 0.3 is 5.97 Å². The van der Waals surface area contributed by atoms with Crippen LogP contribution in [0, 0.1) is 6.92 Å². The van der Waals surface area contributed by atoms with E-state index in [1.807, 2.05) is 33.0 Å². The fraction of sp³-hybridized carbons (Fsp3) is 0.333. The Morgan fingerprint density at radius 2 is 2.20 bits per heavy atom. The Morgan fingerprint density at radius 3 is 2.80 bits per heavy atom. The molecule has 0 saturated heterocycles. The van der Waals surface area contributed by atoms with Crippen LogP contribution < -0.4 is 4.74 Å². The minimum absolute atomic E-state index is 0.183. The van der Waals surface area contributed by atoms with Crippen molar-refractivity contribution in [2.45, 2.75) is 26.9 Å². The Labute approximate surface area is 117 Å². The van der Waals surface area contributed by atoms with Crippen molar-refractivity contribution in [3.05, 3.63) is 46.8 Å². The van der Waals surface area contributed by atoms with E-state index in [-0.39, 0.29) is 5.56 Å². The van der Waals surface area contributed by atoms with Crippen molar-refractivity contribution >= 4 is 5.97 Å². The summed E-state index contributed by atoms with van der Waals surface area (Å²) in [5.74, 6) is -0.567. The van der Waals surface area contributed by atoms with Crippen molar-refractivity contribution in [3.63, 3.8) is 0 Å². The average molecular weight is 274 g/mol. The summed E-state index contributed by atoms with van der Waals surface area (Å²) in [6.07, 6.45) is 0.860. The predicted octanol–water partition coefficient (Wildman–Crippen LogP) is 2.57. The highest BCUT2D eigenvalue weighted by Gasteiger charge is 2.14. The van der Waals surface area contributed by atoms with Gasteiger partial charge in [-0.1, -0.05) is 19.1 Å². The molecule has 2 aromatic rings. The van der Waals surface area contributed by atoms with Crippen molar-refractivity contribution in [3.8, 4) is 5.75 Å². The number of hydrogen-bond acceptors (Lipinski definition) is 3. The number of benzene rings is 1. The minimum Gasteiger partial charge on any atom is -0.486 e. The second-order valence-corrected chi connectivity index (χ2v) is 4.65. The molecule has 5 heteroatoms. The van der Waals surface area contributed by atoms with Gasteiger partial charge < -0.3 is 9.84 Å². The minimum atomic E-state index is -0.983. The lowest BCUT2D eigenvalue weighted by molar-refractivity contribution is 0.0691. The lowest BCUT2D eigenvalue weighted by atomic mass is 10.1. The molecule has 0 fully saturated rings. The first-order valence-electron chi connectivity index (χ1n) is 6.50. The van der Waals surface area contributed by atoms with Crippen LogP contribution in [-0.4, -0.2) is 20.9 Å². The van der Waals surface area contributed by atoms with Crippen molar-refractivity contribution in [1.29, 1.82) is 0 Å². The number of ether oxygens (including phenoxy) is 1. The lowest BCUT2D eigenvalue weighted by Gasteiger charge is -2.11. The summed E-state index contributed by atoms with van der Waals surface area (Å²) in [5, 5.41) is 13.5. The summed E-state index contributed by atoms with van der Waals surface area (Å²) in [4.78, 5) is 11.2. The number of para-hydroxylation sites is 1. The Kier molecular flexibility index (Phi) is 4.08. The van der Waals surface area contributed by atoms with Gasteiger partial charge in [0.15, 0.2) is 0 Å². The Morgan fingerprint density at radius 1 is 1.45 bits per heavy atom. The molecule has 1 aromatic heterocycles. The van der Waals surface area contributed by atoms with E-state index in [1.165, 1.54) is 0 Å². The van der Waals surface area contributed by atoms with Gasteiger partial charge in [-0.2, -0.15) is 5.10 Å². The maximum absolute atomic E-state index is 11.2. The van der Waals surface area contributed by atoms with Crippen LogP contribution in [0.1, 0.15) is 34.2 Å². The number of aromatic carboxylic acids is 1. The standard InChI is InChI=1S/C15H18N2O3/c1-4-11-8-12(17(3)16-11)9-20-14-10(2)6-5-7-13(14)15(18)19/h5-8H,4,9H2,1-3H3,(H,18,19). The first-order chi connectivity index (χ1) is 9.52. The number of aryl methyl sites for hydroxylation is 3. The molecule has 0 radical (unpaired) electrons. The summed E-state index contributed by atoms with van der Waals surface area (Å²) in [6.45, 7) is 4.17. The summed E-state index contributed by atoms with van der Waals surface area (Å²) in [7, 11) is 1.85. The van der Waals surface area contributed by atoms with Crippen LogP contribution in [-0.2, 0) is 20.1 Å². The van der Waals surface area contributed by atoms with Crippen LogP contribution in [0.2, 0.25) is 0 Å². The molecule has 1 aromatic carbocycles. The monoisotopic (exact) mass is 274 g/mol. The van der Waals surface area contributed by atoms with E-state index in [0.717, 1.165) is 23.4 Å². The molecule has 0 unspecified atom stereocenters. The quantitative estimate of drug-likeness (QED) is 0.910. The van der Waals surface area contributed by atoms with Crippen LogP contribution in [0.25, 0.3) is 0 Å². The first kappa shape index (κ1) is 14.1. The third-order valence-corrected chi connectivity index (χ3v) is 3.20. The van der Waals surface area contributed by atoms with Crippen molar-refractivity contribution in [1.82, 2.24) is 9.78 Å². The number of nitrogens with zero attached hydrogens (tertiary/aromatic N) is 2. The van der Waals surface area contributed by atoms with Crippen molar-refractivity contribution in [2.24, 2.45) is 7.05 Å². The molecule has 0 amide bonds. The zero-order valence-electron chi connectivity index (χ0n) is 11.9. The van der Waals surface area contributed by atoms with Gasteiger partial charge in [-0.3, -0.25) is 4.68 Å². The lowest BCUT2D eigenvalue weighted by Crippen LogP contribution is -2.07. The topological polar surface area (TPSA) is 64.3 Å². The third-order valence-electron chi connectivity index (χ3n) is 3.20. The molecule has 106 valence electrons. The van der Waals surface area contributed by atoms with Crippen LogP contribution >= 0.6 is 0 Å². The van der Waals surface area contributed by atoms with E-state index in [2.05, 4.69) is 5.10 Å². The second-order valence-electron chi connectivity index (χ2n) is 4.65. The molecular weight excluding hydrogens is 256 g/mol. The fourth-order valence-corrected chi connectivity index (χ4v) is 2.04. The van der Waals surface area contributed by atoms with E-state index in [9.17, 15) is 9.90 Å². The number of carboxylic acids is 1. The molecule has 20 heavy (non-hydrogen) atoms. The van der Waals surface area contributed by atoms with Gasteiger partial charge in [0.25, 0.3) is 0 Å². The van der Waals surface area contributed by atoms with Crippen LogP contribution in [0.5, 0.6) is 5.75 Å². The molecule has 0 aliphatic heterocycles. The van der Waals surface area contributed by atoms with Crippen LogP contribution in [0.4, 0.5) is 0 Å². The highest BCUT2D eigenvalue weighted by molar-refractivity contribution is 5.91. The smallest absolute Gasteiger partial charge is 0.339 e. The maximum Gasteiger partial charge on any atom is 0.339 e. The second kappa shape index (κ2) is 5.77. The number of carboxylic acid groups (broad SMARTS) is 1. The largest absolute Gasteiger partial charge is 0.486 e. The van der Waals surface area contributed by atoms with Gasteiger partial charge in [0.2, 0.25) is 0 Å². The maximum atomic E-state index is 11.2. The van der Waals surface area contributed by atoms with E-state index in [4.69, 9.17) is 4.74 Å². The van der Waals surface area contributed by atoms with Gasteiger partial charge in [-0.15, -0.1) is 0 Å². The summed E-state index contributed by atoms with van der Waals surface area (Å²) in [5.41, 5.74) is 2.90. The molecule has 0 spiro atoms. The molecule has 2 rings (SSSR count). The van der Waals surface area contributed by atoms with E-state index >= 15 is 0 Å². The van der Waals surface area contributed by atoms with E-state index in [1.54, 1.807) is 16.8 Å². The highest BCUT2D eigenvalue weighted by atomic mass is 16.5. The zero-order chi connectivity index (χ0) is 14.7. The molecule has 0 atom stereocenters. The molecular formula is C15H18N2O3. The molecule has 0 aliphatic carbocycles. The summed E-state index contributed by atoms with van der Waals surface area (Å²) < 4.78 is 7.47. The van der Waals surface area contributed by atoms with Crippen molar-refractivity contribution in [2.75, 3.05) is 0 Å². The molecule has 0 saturated carbocycles. The third kappa shape index (κ3) is 2.82. The van der Waals surface area contributed by atoms with Gasteiger partial charge in [-0.05, 0) is 31.0 Å². The summed E-state index contributed by atoms with van der Waals surface area (Å²) >= 11 is 0. The van der Waals surface area contributed by atoms with Crippen LogP contribution in [0.3, 0.4) is 0 Å². The van der Waals surface area contributed by atoms with Gasteiger partial charge in [0.1, 0.15) is 17.9 Å². The SMILES string of the molecule is CCc1cc(COc2c(C)cccc2C(=O)O)n(C)n1. The van der Waals surface area contributed by atoms with Gasteiger partial charge in [0, 0.05) is 7.05 Å². The number of hydrogen-bond donors (Lipinski definition) is 1. The molecule has 1 heterocycles. The molecule has 0 aliphatic rings. The zero-order valence-corrected chi connectivity index (χ0v) is 11.9. The average Bonchev–Trinajstić information content (AvgIpc) is 2.77.